The summed E-state index contributed by atoms with van der Waals surface area (Å²) < 4.78 is 4.59. The molecule has 0 saturated heterocycles. The molecule has 5 heteroatoms. The number of nitriles is 1. The monoisotopic (exact) mass is 255 g/mol. The van der Waals surface area contributed by atoms with Gasteiger partial charge in [-0.05, 0) is 12.8 Å². The fraction of sp³-hybridized carbons (Fsp3) is 0.615. The van der Waals surface area contributed by atoms with Crippen molar-refractivity contribution in [3.63, 3.8) is 0 Å². The van der Waals surface area contributed by atoms with Gasteiger partial charge in [-0.1, -0.05) is 26.8 Å². The summed E-state index contributed by atoms with van der Waals surface area (Å²) >= 11 is 0. The van der Waals surface area contributed by atoms with Gasteiger partial charge in [0, 0.05) is 12.5 Å². The van der Waals surface area contributed by atoms with Crippen LogP contribution in [-0.2, 0) is 14.3 Å². The highest BCUT2D eigenvalue weighted by atomic mass is 16.5. The molecule has 0 amide bonds. The molecule has 1 N–H and O–H groups in total. The second kappa shape index (κ2) is 13.2. The van der Waals surface area contributed by atoms with Crippen molar-refractivity contribution in [3.05, 3.63) is 12.7 Å². The van der Waals surface area contributed by atoms with Crippen molar-refractivity contribution < 1.29 is 19.4 Å². The van der Waals surface area contributed by atoms with Crippen molar-refractivity contribution in [1.29, 1.82) is 5.26 Å². The van der Waals surface area contributed by atoms with Crippen LogP contribution in [0.2, 0.25) is 0 Å². The number of aliphatic carboxylic acids is 1. The molecule has 102 valence electrons. The topological polar surface area (TPSA) is 87.4 Å². The predicted octanol–water partition coefficient (Wildman–Crippen LogP) is 2.53. The van der Waals surface area contributed by atoms with Crippen LogP contribution in [0.1, 0.15) is 39.5 Å². The number of unbranched alkanes of at least 4 members (excludes halogenated alkanes) is 1. The van der Waals surface area contributed by atoms with E-state index in [0.29, 0.717) is 19.4 Å². The quantitative estimate of drug-likeness (QED) is 0.429. The van der Waals surface area contributed by atoms with Crippen molar-refractivity contribution in [2.24, 2.45) is 5.92 Å². The Balaban J connectivity index is 0. The molecule has 1 atom stereocenters. The molecule has 5 nitrogen and oxygen atoms in total. The fourth-order valence-corrected chi connectivity index (χ4v) is 0.939. The molecular weight excluding hydrogens is 234 g/mol. The lowest BCUT2D eigenvalue weighted by Gasteiger charge is -2.00. The van der Waals surface area contributed by atoms with E-state index >= 15 is 0 Å². The second-order valence-electron chi connectivity index (χ2n) is 3.66. The Morgan fingerprint density at radius 2 is 2.17 bits per heavy atom. The number of rotatable bonds is 7. The zero-order valence-electron chi connectivity index (χ0n) is 11.0. The van der Waals surface area contributed by atoms with Gasteiger partial charge in [0.15, 0.2) is 0 Å². The first kappa shape index (κ1) is 18.5. The molecule has 0 bridgehead atoms. The van der Waals surface area contributed by atoms with Crippen LogP contribution in [-0.4, -0.2) is 23.7 Å². The van der Waals surface area contributed by atoms with Crippen molar-refractivity contribution in [1.82, 2.24) is 0 Å². The third-order valence-electron chi connectivity index (χ3n) is 1.99. The van der Waals surface area contributed by atoms with Gasteiger partial charge in [0.05, 0.1) is 18.6 Å². The first-order chi connectivity index (χ1) is 8.49. The maximum absolute atomic E-state index is 10.4. The van der Waals surface area contributed by atoms with Gasteiger partial charge < -0.3 is 9.84 Å². The summed E-state index contributed by atoms with van der Waals surface area (Å²) in [6, 6.07) is 1.94. The Kier molecular flexibility index (Phi) is 13.6. The Bertz CT molecular complexity index is 294. The van der Waals surface area contributed by atoms with Crippen molar-refractivity contribution in [2.75, 3.05) is 6.61 Å². The lowest BCUT2D eigenvalue weighted by atomic mass is 10.1. The maximum Gasteiger partial charge on any atom is 0.330 e. The van der Waals surface area contributed by atoms with Gasteiger partial charge in [-0.15, -0.1) is 0 Å². The molecule has 0 aliphatic rings. The van der Waals surface area contributed by atoms with Crippen LogP contribution in [0.3, 0.4) is 0 Å². The molecule has 0 aromatic rings. The highest BCUT2D eigenvalue weighted by Crippen LogP contribution is 2.03. The minimum Gasteiger partial charge on any atom is -0.481 e. The van der Waals surface area contributed by atoms with Crippen LogP contribution in [0.25, 0.3) is 0 Å². The van der Waals surface area contributed by atoms with E-state index in [-0.39, 0.29) is 5.92 Å². The number of nitrogens with zero attached hydrogens (tertiary/aromatic N) is 1. The molecule has 0 radical (unpaired) electrons. The molecule has 0 saturated carbocycles. The van der Waals surface area contributed by atoms with Crippen LogP contribution in [0.4, 0.5) is 0 Å². The standard InChI is InChI=1S/C7H9NO2.C6H12O2/c1-2-7(9)10-6-4-3-5-8;1-3-4-5(2)6(7)8/h2H,1,3-4,6H2;5H,3-4H2,1-2H3,(H,7,8). The highest BCUT2D eigenvalue weighted by molar-refractivity contribution is 5.81. The van der Waals surface area contributed by atoms with Crippen LogP contribution in [0.15, 0.2) is 12.7 Å². The minimum atomic E-state index is -0.688. The number of carboxylic acid groups (broad SMARTS) is 1. The summed E-state index contributed by atoms with van der Waals surface area (Å²) in [5.41, 5.74) is 0. The number of carbonyl (C=O) groups is 2. The van der Waals surface area contributed by atoms with Crippen LogP contribution >= 0.6 is 0 Å². The van der Waals surface area contributed by atoms with E-state index < -0.39 is 11.9 Å². The lowest BCUT2D eigenvalue weighted by molar-refractivity contribution is -0.141. The van der Waals surface area contributed by atoms with Crippen molar-refractivity contribution >= 4 is 11.9 Å². The average Bonchev–Trinajstić information content (AvgIpc) is 2.35. The third-order valence-corrected chi connectivity index (χ3v) is 1.99. The van der Waals surface area contributed by atoms with Gasteiger partial charge in [-0.3, -0.25) is 4.79 Å². The van der Waals surface area contributed by atoms with Crippen LogP contribution in [0.5, 0.6) is 0 Å². The molecule has 18 heavy (non-hydrogen) atoms. The summed E-state index contributed by atoms with van der Waals surface area (Å²) in [5.74, 6) is -1.29. The Hall–Kier alpha value is -1.83. The predicted molar refractivity (Wildman–Crippen MR) is 67.7 cm³/mol. The molecule has 0 aliphatic carbocycles. The molecular formula is C13H21NO4. The number of carboxylic acids is 1. The molecule has 0 fully saturated rings. The molecule has 1 unspecified atom stereocenters. The van der Waals surface area contributed by atoms with Gasteiger partial charge in [0.1, 0.15) is 0 Å². The maximum atomic E-state index is 10.4. The number of esters is 1. The highest BCUT2D eigenvalue weighted by Gasteiger charge is 2.07. The van der Waals surface area contributed by atoms with Gasteiger partial charge in [0.25, 0.3) is 0 Å². The number of carbonyl (C=O) groups excluding carboxylic acids is 1. The molecule has 0 aliphatic heterocycles. The van der Waals surface area contributed by atoms with E-state index in [1.54, 1.807) is 6.92 Å². The molecule has 0 heterocycles. The molecule has 0 spiro atoms. The zero-order chi connectivity index (χ0) is 14.4. The zero-order valence-corrected chi connectivity index (χ0v) is 11.0. The smallest absolute Gasteiger partial charge is 0.330 e. The number of hydrogen-bond acceptors (Lipinski definition) is 4. The van der Waals surface area contributed by atoms with Gasteiger partial charge >= 0.3 is 11.9 Å². The van der Waals surface area contributed by atoms with E-state index in [0.717, 1.165) is 18.9 Å². The first-order valence-corrected chi connectivity index (χ1v) is 5.88. The summed E-state index contributed by atoms with van der Waals surface area (Å²) in [4.78, 5) is 20.4. The third kappa shape index (κ3) is 14.2. The SMILES string of the molecule is C=CC(=O)OCCCC#N.CCCC(C)C(=O)O. The number of ether oxygens (including phenoxy) is 1. The van der Waals surface area contributed by atoms with E-state index in [9.17, 15) is 9.59 Å². The Morgan fingerprint density at radius 3 is 2.50 bits per heavy atom. The van der Waals surface area contributed by atoms with Crippen molar-refractivity contribution in [3.8, 4) is 6.07 Å². The second-order valence-corrected chi connectivity index (χ2v) is 3.66. The average molecular weight is 255 g/mol. The van der Waals surface area contributed by atoms with E-state index in [1.165, 1.54) is 0 Å². The van der Waals surface area contributed by atoms with Crippen LogP contribution < -0.4 is 0 Å². The first-order valence-electron chi connectivity index (χ1n) is 5.88. The summed E-state index contributed by atoms with van der Waals surface area (Å²) in [7, 11) is 0. The molecule has 0 aromatic heterocycles. The fourth-order valence-electron chi connectivity index (χ4n) is 0.939. The Morgan fingerprint density at radius 1 is 1.56 bits per heavy atom. The van der Waals surface area contributed by atoms with E-state index in [4.69, 9.17) is 10.4 Å². The molecule has 0 rings (SSSR count). The summed E-state index contributed by atoms with van der Waals surface area (Å²) in [6.07, 6.45) is 3.86. The van der Waals surface area contributed by atoms with Gasteiger partial charge in [-0.25, -0.2) is 4.79 Å². The van der Waals surface area contributed by atoms with Gasteiger partial charge in [-0.2, -0.15) is 5.26 Å². The normalized spacial score (nSPS) is 10.3. The lowest BCUT2D eigenvalue weighted by Crippen LogP contribution is -2.08. The molecule has 0 aromatic carbocycles. The number of hydrogen-bond donors (Lipinski definition) is 1. The van der Waals surface area contributed by atoms with Gasteiger partial charge in [0.2, 0.25) is 0 Å². The summed E-state index contributed by atoms with van der Waals surface area (Å²) in [6.45, 7) is 7.24. The minimum absolute atomic E-state index is 0.167. The van der Waals surface area contributed by atoms with E-state index in [1.807, 2.05) is 13.0 Å². The van der Waals surface area contributed by atoms with E-state index in [2.05, 4.69) is 11.3 Å². The Labute approximate surface area is 108 Å². The summed E-state index contributed by atoms with van der Waals surface area (Å²) in [5, 5.41) is 16.4. The van der Waals surface area contributed by atoms with Crippen LogP contribution in [0, 0.1) is 17.2 Å². The largest absolute Gasteiger partial charge is 0.481 e. The van der Waals surface area contributed by atoms with Crippen molar-refractivity contribution in [2.45, 2.75) is 39.5 Å².